The van der Waals surface area contributed by atoms with Crippen LogP contribution in [0.25, 0.3) is 0 Å². The SMILES string of the molecule is O=S(=O)(N[C@@H]1C[C@H]2CC[C@H]1C2)c1cc(Cl)ccc1Cl. The van der Waals surface area contributed by atoms with Gasteiger partial charge in [0.05, 0.1) is 5.02 Å². The average molecular weight is 320 g/mol. The summed E-state index contributed by atoms with van der Waals surface area (Å²) in [6.45, 7) is 0. The minimum Gasteiger partial charge on any atom is -0.208 e. The Morgan fingerprint density at radius 2 is 1.95 bits per heavy atom. The molecule has 3 atom stereocenters. The molecular formula is C13H15Cl2NO2S. The van der Waals surface area contributed by atoms with E-state index in [2.05, 4.69) is 4.72 Å². The summed E-state index contributed by atoms with van der Waals surface area (Å²) in [6, 6.07) is 4.55. The number of nitrogens with one attached hydrogen (secondary N) is 1. The zero-order chi connectivity index (χ0) is 13.6. The highest BCUT2D eigenvalue weighted by Crippen LogP contribution is 2.45. The highest BCUT2D eigenvalue weighted by molar-refractivity contribution is 7.89. The van der Waals surface area contributed by atoms with E-state index in [-0.39, 0.29) is 16.0 Å². The van der Waals surface area contributed by atoms with Crippen molar-refractivity contribution in [1.29, 1.82) is 0 Å². The van der Waals surface area contributed by atoms with Crippen LogP contribution in [0.15, 0.2) is 23.1 Å². The van der Waals surface area contributed by atoms with E-state index in [9.17, 15) is 8.42 Å². The summed E-state index contributed by atoms with van der Waals surface area (Å²) in [5, 5.41) is 0.581. The van der Waals surface area contributed by atoms with Gasteiger partial charge in [0.1, 0.15) is 4.90 Å². The summed E-state index contributed by atoms with van der Waals surface area (Å²) >= 11 is 11.8. The van der Waals surface area contributed by atoms with Crippen molar-refractivity contribution in [2.24, 2.45) is 11.8 Å². The number of sulfonamides is 1. The van der Waals surface area contributed by atoms with Crippen LogP contribution in [0, 0.1) is 11.8 Å². The molecule has 2 bridgehead atoms. The lowest BCUT2D eigenvalue weighted by Gasteiger charge is -2.23. The summed E-state index contributed by atoms with van der Waals surface area (Å²) in [4.78, 5) is 0.0736. The minimum absolute atomic E-state index is 0.0544. The number of benzene rings is 1. The Morgan fingerprint density at radius 3 is 2.58 bits per heavy atom. The molecule has 104 valence electrons. The van der Waals surface area contributed by atoms with Gasteiger partial charge in [0.15, 0.2) is 0 Å². The van der Waals surface area contributed by atoms with Gasteiger partial charge in [-0.05, 0) is 49.3 Å². The molecule has 2 fully saturated rings. The highest BCUT2D eigenvalue weighted by atomic mass is 35.5. The van der Waals surface area contributed by atoms with E-state index in [1.807, 2.05) is 0 Å². The first-order valence-corrected chi connectivity index (χ1v) is 8.67. The molecule has 0 aliphatic heterocycles. The first-order chi connectivity index (χ1) is 8.95. The van der Waals surface area contributed by atoms with Gasteiger partial charge >= 0.3 is 0 Å². The molecular weight excluding hydrogens is 305 g/mol. The number of fused-ring (bicyclic) bond motifs is 2. The summed E-state index contributed by atoms with van der Waals surface area (Å²) in [6.07, 6.45) is 4.46. The fourth-order valence-electron chi connectivity index (χ4n) is 3.33. The van der Waals surface area contributed by atoms with Crippen LogP contribution < -0.4 is 4.72 Å². The molecule has 0 heterocycles. The van der Waals surface area contributed by atoms with E-state index in [1.165, 1.54) is 18.6 Å². The normalized spacial score (nSPS) is 29.9. The lowest BCUT2D eigenvalue weighted by molar-refractivity contribution is 0.390. The van der Waals surface area contributed by atoms with Gasteiger partial charge < -0.3 is 0 Å². The van der Waals surface area contributed by atoms with Gasteiger partial charge in [0.2, 0.25) is 10.0 Å². The standard InChI is InChI=1S/C13H15Cl2NO2S/c14-10-3-4-11(15)13(7-10)19(17,18)16-12-6-8-1-2-9(12)5-8/h3-4,7-9,12,16H,1-2,5-6H2/t8-,9-,12+/m0/s1. The molecule has 0 unspecified atom stereocenters. The van der Waals surface area contributed by atoms with Crippen LogP contribution in [-0.2, 0) is 10.0 Å². The Bertz CT molecular complexity index is 603. The summed E-state index contributed by atoms with van der Waals surface area (Å²) in [5.74, 6) is 1.17. The lowest BCUT2D eigenvalue weighted by atomic mass is 9.96. The molecule has 0 saturated heterocycles. The largest absolute Gasteiger partial charge is 0.242 e. The zero-order valence-corrected chi connectivity index (χ0v) is 12.6. The Morgan fingerprint density at radius 1 is 1.16 bits per heavy atom. The fraction of sp³-hybridized carbons (Fsp3) is 0.538. The van der Waals surface area contributed by atoms with E-state index in [4.69, 9.17) is 23.2 Å². The second-order valence-corrected chi connectivity index (χ2v) is 8.00. The fourth-order valence-corrected chi connectivity index (χ4v) is 5.42. The summed E-state index contributed by atoms with van der Waals surface area (Å²) < 4.78 is 27.6. The molecule has 19 heavy (non-hydrogen) atoms. The van der Waals surface area contributed by atoms with Crippen molar-refractivity contribution in [3.8, 4) is 0 Å². The monoisotopic (exact) mass is 319 g/mol. The number of rotatable bonds is 3. The smallest absolute Gasteiger partial charge is 0.208 e. The molecule has 6 heteroatoms. The Hall–Kier alpha value is -0.290. The van der Waals surface area contributed by atoms with E-state index < -0.39 is 10.0 Å². The molecule has 3 rings (SSSR count). The van der Waals surface area contributed by atoms with E-state index in [0.29, 0.717) is 16.9 Å². The molecule has 0 spiro atoms. The van der Waals surface area contributed by atoms with Gasteiger partial charge in [0, 0.05) is 11.1 Å². The van der Waals surface area contributed by atoms with Crippen molar-refractivity contribution >= 4 is 33.2 Å². The lowest BCUT2D eigenvalue weighted by Crippen LogP contribution is -2.38. The number of hydrogen-bond acceptors (Lipinski definition) is 2. The van der Waals surface area contributed by atoms with Crippen LogP contribution in [0.3, 0.4) is 0 Å². The van der Waals surface area contributed by atoms with Gasteiger partial charge in [-0.1, -0.05) is 29.6 Å². The predicted octanol–water partition coefficient (Wildman–Crippen LogP) is 3.46. The average Bonchev–Trinajstić information content (AvgIpc) is 2.93. The molecule has 1 aromatic rings. The van der Waals surface area contributed by atoms with Crippen molar-refractivity contribution in [1.82, 2.24) is 4.72 Å². The first-order valence-electron chi connectivity index (χ1n) is 6.43. The van der Waals surface area contributed by atoms with Crippen molar-refractivity contribution < 1.29 is 8.42 Å². The van der Waals surface area contributed by atoms with Crippen LogP contribution in [0.1, 0.15) is 25.7 Å². The van der Waals surface area contributed by atoms with Gasteiger partial charge in [0.25, 0.3) is 0 Å². The number of hydrogen-bond donors (Lipinski definition) is 1. The molecule has 0 radical (unpaired) electrons. The summed E-state index contributed by atoms with van der Waals surface area (Å²) in [7, 11) is -3.59. The number of halogens is 2. The molecule has 2 aliphatic rings. The minimum atomic E-state index is -3.59. The maximum absolute atomic E-state index is 12.4. The maximum atomic E-state index is 12.4. The third-order valence-corrected chi connectivity index (χ3v) is 6.43. The van der Waals surface area contributed by atoms with Crippen LogP contribution in [0.4, 0.5) is 0 Å². The van der Waals surface area contributed by atoms with Crippen molar-refractivity contribution in [3.05, 3.63) is 28.2 Å². The van der Waals surface area contributed by atoms with Crippen molar-refractivity contribution in [2.75, 3.05) is 0 Å². The molecule has 2 aliphatic carbocycles. The molecule has 0 aromatic heterocycles. The van der Waals surface area contributed by atoms with Gasteiger partial charge in [-0.2, -0.15) is 0 Å². The Labute approximate surface area is 123 Å². The second-order valence-electron chi connectivity index (χ2n) is 5.48. The third-order valence-electron chi connectivity index (χ3n) is 4.23. The molecule has 3 nitrogen and oxygen atoms in total. The molecule has 1 aromatic carbocycles. The van der Waals surface area contributed by atoms with Crippen LogP contribution >= 0.6 is 23.2 Å². The predicted molar refractivity (Wildman–Crippen MR) is 76.0 cm³/mol. The van der Waals surface area contributed by atoms with E-state index in [1.54, 1.807) is 6.07 Å². The van der Waals surface area contributed by atoms with E-state index >= 15 is 0 Å². The van der Waals surface area contributed by atoms with Crippen molar-refractivity contribution in [3.63, 3.8) is 0 Å². The van der Waals surface area contributed by atoms with Gasteiger partial charge in [-0.15, -0.1) is 0 Å². The molecule has 0 amide bonds. The quantitative estimate of drug-likeness (QED) is 0.927. The first kappa shape index (κ1) is 13.7. The van der Waals surface area contributed by atoms with Crippen LogP contribution in [-0.4, -0.2) is 14.5 Å². The van der Waals surface area contributed by atoms with Gasteiger partial charge in [-0.25, -0.2) is 13.1 Å². The Balaban J connectivity index is 1.85. The van der Waals surface area contributed by atoms with Crippen molar-refractivity contribution in [2.45, 2.75) is 36.6 Å². The topological polar surface area (TPSA) is 46.2 Å². The summed E-state index contributed by atoms with van der Waals surface area (Å²) in [5.41, 5.74) is 0. The third kappa shape index (κ3) is 2.64. The maximum Gasteiger partial charge on any atom is 0.242 e. The van der Waals surface area contributed by atoms with Crippen LogP contribution in [0.5, 0.6) is 0 Å². The van der Waals surface area contributed by atoms with Gasteiger partial charge in [-0.3, -0.25) is 0 Å². The molecule has 2 saturated carbocycles. The van der Waals surface area contributed by atoms with E-state index in [0.717, 1.165) is 19.3 Å². The highest BCUT2D eigenvalue weighted by Gasteiger charge is 2.41. The zero-order valence-electron chi connectivity index (χ0n) is 10.3. The second kappa shape index (κ2) is 4.92. The Kier molecular flexibility index (Phi) is 3.54. The molecule has 1 N–H and O–H groups in total. The van der Waals surface area contributed by atoms with Crippen LogP contribution in [0.2, 0.25) is 10.0 Å².